The summed E-state index contributed by atoms with van der Waals surface area (Å²) in [5.74, 6) is 0.705. The van der Waals surface area contributed by atoms with Gasteiger partial charge in [0.1, 0.15) is 17.0 Å². The molecule has 0 aliphatic carbocycles. The van der Waals surface area contributed by atoms with E-state index in [0.717, 1.165) is 4.70 Å². The van der Waals surface area contributed by atoms with Crippen LogP contribution in [0.3, 0.4) is 0 Å². The first kappa shape index (κ1) is 12.6. The second-order valence-electron chi connectivity index (χ2n) is 3.25. The number of phenolic OH excluding ortho intramolecular Hbond substituents is 1. The molecule has 0 fully saturated rings. The lowest BCUT2D eigenvalue weighted by Gasteiger charge is -2.00. The predicted molar refractivity (Wildman–Crippen MR) is 68.2 cm³/mol. The van der Waals surface area contributed by atoms with E-state index in [1.807, 2.05) is 0 Å². The van der Waals surface area contributed by atoms with Gasteiger partial charge in [-0.3, -0.25) is 0 Å². The molecule has 1 aromatic carbocycles. The topological polar surface area (TPSA) is 68.4 Å². The van der Waals surface area contributed by atoms with Crippen LogP contribution < -0.4 is 10.5 Å². The number of anilines is 1. The minimum Gasteiger partial charge on any atom is -0.508 e. The number of methoxy groups -OCH3 is 1. The Hall–Kier alpha value is -1.49. The quantitative estimate of drug-likeness (QED) is 0.804. The summed E-state index contributed by atoms with van der Waals surface area (Å²) in [4.78, 5) is 4.09. The average molecular weight is 240 g/mol. The minimum absolute atomic E-state index is 0.160. The van der Waals surface area contributed by atoms with Gasteiger partial charge in [-0.1, -0.05) is 31.6 Å². The Kier molecular flexibility index (Phi) is 4.37. The van der Waals surface area contributed by atoms with Gasteiger partial charge in [-0.05, 0) is 6.07 Å². The molecule has 2 aromatic rings. The molecule has 88 valence electrons. The zero-order chi connectivity index (χ0) is 12.1. The molecule has 4 nitrogen and oxygen atoms in total. The lowest BCUT2D eigenvalue weighted by Crippen LogP contribution is -1.85. The molecule has 0 unspecified atom stereocenters. The molecule has 0 aliphatic heterocycles. The van der Waals surface area contributed by atoms with Crippen LogP contribution in [0.4, 0.5) is 5.13 Å². The number of nitrogens with two attached hydrogens (primary N) is 1. The van der Waals surface area contributed by atoms with Crippen LogP contribution in [0.15, 0.2) is 12.1 Å². The second kappa shape index (κ2) is 5.55. The van der Waals surface area contributed by atoms with Crippen LogP contribution >= 0.6 is 11.3 Å². The van der Waals surface area contributed by atoms with Gasteiger partial charge in [0.05, 0.1) is 11.8 Å². The summed E-state index contributed by atoms with van der Waals surface area (Å²) in [7, 11) is 1.53. The summed E-state index contributed by atoms with van der Waals surface area (Å²) in [5.41, 5.74) is 6.23. The maximum Gasteiger partial charge on any atom is 0.181 e. The molecule has 16 heavy (non-hydrogen) atoms. The fraction of sp³-hybridized carbons (Fsp3) is 0.364. The number of rotatable bonds is 1. The zero-order valence-corrected chi connectivity index (χ0v) is 10.5. The van der Waals surface area contributed by atoms with E-state index in [4.69, 9.17) is 10.5 Å². The standard InChI is InChI=1S/C8H8N2O2S.C3H8/c1-12-5-2-4(11)3-6-7(5)10-8(9)13-6;1-3-2/h2-3,11H,1H3,(H2,9,10);3H2,1-2H3. The number of hydrogen-bond donors (Lipinski definition) is 2. The number of hydrogen-bond acceptors (Lipinski definition) is 5. The van der Waals surface area contributed by atoms with Crippen LogP contribution in [0.25, 0.3) is 10.2 Å². The Morgan fingerprint density at radius 1 is 1.44 bits per heavy atom. The number of nitrogens with zero attached hydrogens (tertiary/aromatic N) is 1. The first-order chi connectivity index (χ1) is 7.62. The largest absolute Gasteiger partial charge is 0.508 e. The number of aromatic hydroxyl groups is 1. The molecule has 0 bridgehead atoms. The molecule has 0 spiro atoms. The van der Waals surface area contributed by atoms with Crippen LogP contribution in [0, 0.1) is 0 Å². The maximum atomic E-state index is 9.31. The lowest BCUT2D eigenvalue weighted by molar-refractivity contribution is 0.412. The Morgan fingerprint density at radius 2 is 2.06 bits per heavy atom. The zero-order valence-electron chi connectivity index (χ0n) is 9.65. The van der Waals surface area contributed by atoms with Gasteiger partial charge in [0, 0.05) is 6.07 Å². The molecule has 5 heteroatoms. The van der Waals surface area contributed by atoms with E-state index >= 15 is 0 Å². The molecule has 0 amide bonds. The van der Waals surface area contributed by atoms with Gasteiger partial charge in [0.25, 0.3) is 0 Å². The summed E-state index contributed by atoms with van der Waals surface area (Å²) in [6, 6.07) is 3.13. The van der Waals surface area contributed by atoms with Crippen molar-refractivity contribution in [3.63, 3.8) is 0 Å². The number of aromatic nitrogens is 1. The highest BCUT2D eigenvalue weighted by Crippen LogP contribution is 2.34. The van der Waals surface area contributed by atoms with E-state index in [-0.39, 0.29) is 5.75 Å². The summed E-state index contributed by atoms with van der Waals surface area (Å²) in [6.07, 6.45) is 1.25. The molecule has 0 radical (unpaired) electrons. The van der Waals surface area contributed by atoms with Gasteiger partial charge in [0.15, 0.2) is 5.13 Å². The van der Waals surface area contributed by atoms with Crippen molar-refractivity contribution in [2.24, 2.45) is 0 Å². The normalized spacial score (nSPS) is 9.69. The Balaban J connectivity index is 0.000000386. The molecule has 1 aromatic heterocycles. The summed E-state index contributed by atoms with van der Waals surface area (Å²) in [6.45, 7) is 4.25. The van der Waals surface area contributed by atoms with Crippen molar-refractivity contribution in [3.8, 4) is 11.5 Å². The molecule has 3 N–H and O–H groups in total. The monoisotopic (exact) mass is 240 g/mol. The van der Waals surface area contributed by atoms with E-state index < -0.39 is 0 Å². The Labute approximate surface area is 98.7 Å². The lowest BCUT2D eigenvalue weighted by atomic mass is 10.3. The summed E-state index contributed by atoms with van der Waals surface area (Å²) < 4.78 is 5.88. The number of thiazole rings is 1. The molecule has 0 saturated carbocycles. The van der Waals surface area contributed by atoms with Crippen molar-refractivity contribution in [2.75, 3.05) is 12.8 Å². The van der Waals surface area contributed by atoms with Crippen LogP contribution in [0.2, 0.25) is 0 Å². The third kappa shape index (κ3) is 2.76. The van der Waals surface area contributed by atoms with E-state index in [1.165, 1.54) is 30.9 Å². The molecule has 0 aliphatic rings. The van der Waals surface area contributed by atoms with Gasteiger partial charge in [-0.15, -0.1) is 0 Å². The van der Waals surface area contributed by atoms with Crippen LogP contribution in [-0.2, 0) is 0 Å². The van der Waals surface area contributed by atoms with E-state index in [9.17, 15) is 5.11 Å². The number of phenols is 1. The fourth-order valence-electron chi connectivity index (χ4n) is 1.16. The highest BCUT2D eigenvalue weighted by molar-refractivity contribution is 7.22. The fourth-order valence-corrected chi connectivity index (χ4v) is 1.94. The Bertz CT molecular complexity index is 468. The van der Waals surface area contributed by atoms with Crippen molar-refractivity contribution in [1.82, 2.24) is 4.98 Å². The Morgan fingerprint density at radius 3 is 2.62 bits per heavy atom. The molecular weight excluding hydrogens is 224 g/mol. The van der Waals surface area contributed by atoms with Gasteiger partial charge < -0.3 is 15.6 Å². The number of fused-ring (bicyclic) bond motifs is 1. The van der Waals surface area contributed by atoms with Crippen molar-refractivity contribution in [2.45, 2.75) is 20.3 Å². The summed E-state index contributed by atoms with van der Waals surface area (Å²) >= 11 is 1.32. The summed E-state index contributed by atoms with van der Waals surface area (Å²) in [5, 5.41) is 9.78. The van der Waals surface area contributed by atoms with Gasteiger partial charge in [0.2, 0.25) is 0 Å². The highest BCUT2D eigenvalue weighted by atomic mass is 32.1. The van der Waals surface area contributed by atoms with Crippen LogP contribution in [0.1, 0.15) is 20.3 Å². The van der Waals surface area contributed by atoms with Gasteiger partial charge in [-0.25, -0.2) is 4.98 Å². The van der Waals surface area contributed by atoms with Crippen molar-refractivity contribution < 1.29 is 9.84 Å². The van der Waals surface area contributed by atoms with Gasteiger partial charge in [-0.2, -0.15) is 0 Å². The second-order valence-corrected chi connectivity index (χ2v) is 4.32. The number of nitrogen functional groups attached to an aromatic ring is 1. The average Bonchev–Trinajstić information content (AvgIpc) is 2.58. The SMILES string of the molecule is CCC.COc1cc(O)cc2sc(N)nc12. The molecule has 0 saturated heterocycles. The van der Waals surface area contributed by atoms with E-state index in [1.54, 1.807) is 6.07 Å². The minimum atomic E-state index is 0.160. The van der Waals surface area contributed by atoms with E-state index in [2.05, 4.69) is 18.8 Å². The number of ether oxygens (including phenoxy) is 1. The predicted octanol–water partition coefficient (Wildman–Crippen LogP) is 3.01. The third-order valence-corrected chi connectivity index (χ3v) is 2.51. The van der Waals surface area contributed by atoms with Crippen molar-refractivity contribution in [3.05, 3.63) is 12.1 Å². The van der Waals surface area contributed by atoms with Crippen LogP contribution in [0.5, 0.6) is 11.5 Å². The first-order valence-corrected chi connectivity index (χ1v) is 5.87. The van der Waals surface area contributed by atoms with Crippen LogP contribution in [-0.4, -0.2) is 17.2 Å². The van der Waals surface area contributed by atoms with Crippen molar-refractivity contribution >= 4 is 26.7 Å². The third-order valence-electron chi connectivity index (χ3n) is 1.68. The highest BCUT2D eigenvalue weighted by Gasteiger charge is 2.08. The molecule has 0 atom stereocenters. The number of benzene rings is 1. The van der Waals surface area contributed by atoms with E-state index in [0.29, 0.717) is 16.4 Å². The van der Waals surface area contributed by atoms with Crippen molar-refractivity contribution in [1.29, 1.82) is 0 Å². The maximum absolute atomic E-state index is 9.31. The molecular formula is C11H16N2O2S. The molecule has 1 heterocycles. The smallest absolute Gasteiger partial charge is 0.181 e. The van der Waals surface area contributed by atoms with Gasteiger partial charge >= 0.3 is 0 Å². The first-order valence-electron chi connectivity index (χ1n) is 5.05. The molecule has 2 rings (SSSR count).